The first kappa shape index (κ1) is 10.1. The maximum atomic E-state index is 2.39. The average Bonchev–Trinajstić information content (AvgIpc) is 2.09. The van der Waals surface area contributed by atoms with Crippen molar-refractivity contribution in [3.63, 3.8) is 0 Å². The second-order valence-electron chi connectivity index (χ2n) is 4.39. The molecule has 0 aromatic heterocycles. The molecule has 0 atom stereocenters. The van der Waals surface area contributed by atoms with Gasteiger partial charge >= 0.3 is 0 Å². The van der Waals surface area contributed by atoms with Crippen molar-refractivity contribution in [3.05, 3.63) is 5.92 Å². The van der Waals surface area contributed by atoms with Crippen molar-refractivity contribution in [1.82, 2.24) is 0 Å². The van der Waals surface area contributed by atoms with Gasteiger partial charge in [0.15, 0.2) is 0 Å². The predicted octanol–water partition coefficient (Wildman–Crippen LogP) is 4.35. The fourth-order valence-corrected chi connectivity index (χ4v) is 2.05. The lowest BCUT2D eigenvalue weighted by Crippen LogP contribution is -2.10. The van der Waals surface area contributed by atoms with E-state index in [-0.39, 0.29) is 0 Å². The fraction of sp³-hybridized carbons (Fsp3) is 0.917. The van der Waals surface area contributed by atoms with Crippen molar-refractivity contribution in [2.75, 3.05) is 0 Å². The van der Waals surface area contributed by atoms with Crippen LogP contribution in [0.3, 0.4) is 0 Å². The van der Waals surface area contributed by atoms with Crippen molar-refractivity contribution >= 4 is 0 Å². The molecule has 1 aliphatic rings. The predicted molar refractivity (Wildman–Crippen MR) is 55.0 cm³/mol. The van der Waals surface area contributed by atoms with Gasteiger partial charge in [-0.05, 0) is 31.1 Å². The molecule has 0 aromatic carbocycles. The zero-order chi connectivity index (χ0) is 8.81. The van der Waals surface area contributed by atoms with Crippen molar-refractivity contribution in [2.24, 2.45) is 5.92 Å². The van der Waals surface area contributed by atoms with Crippen LogP contribution in [-0.4, -0.2) is 0 Å². The quantitative estimate of drug-likeness (QED) is 0.546. The van der Waals surface area contributed by atoms with Crippen LogP contribution in [0.25, 0.3) is 0 Å². The molecule has 1 aliphatic carbocycles. The summed E-state index contributed by atoms with van der Waals surface area (Å²) in [6, 6.07) is 0. The highest BCUT2D eigenvalue weighted by Crippen LogP contribution is 2.32. The molecule has 0 bridgehead atoms. The number of rotatable bonds is 4. The smallest absolute Gasteiger partial charge is 0.0241 e. The van der Waals surface area contributed by atoms with E-state index in [2.05, 4.69) is 13.8 Å². The summed E-state index contributed by atoms with van der Waals surface area (Å²) in [5.74, 6) is 2.86. The fourth-order valence-electron chi connectivity index (χ4n) is 2.05. The Balaban J connectivity index is 2.01. The Hall–Kier alpha value is 0. The maximum Gasteiger partial charge on any atom is -0.0241 e. The largest absolute Gasteiger partial charge is 0.0654 e. The molecule has 71 valence electrons. The Labute approximate surface area is 77.7 Å². The lowest BCUT2D eigenvalue weighted by atomic mass is 9.80. The highest BCUT2D eigenvalue weighted by Gasteiger charge is 2.17. The Kier molecular flexibility index (Phi) is 4.72. The van der Waals surface area contributed by atoms with Gasteiger partial charge in [0.25, 0.3) is 0 Å². The maximum absolute atomic E-state index is 2.39. The van der Waals surface area contributed by atoms with Crippen LogP contribution in [0.4, 0.5) is 0 Å². The minimum absolute atomic E-state index is 1.000. The SMILES string of the molecule is CCCCC[C]1CCC(C)CC1. The summed E-state index contributed by atoms with van der Waals surface area (Å²) in [5, 5.41) is 0. The molecule has 1 rings (SSSR count). The van der Waals surface area contributed by atoms with Crippen LogP contribution in [0.15, 0.2) is 0 Å². The summed E-state index contributed by atoms with van der Waals surface area (Å²) in [7, 11) is 0. The summed E-state index contributed by atoms with van der Waals surface area (Å²) in [5.41, 5.74) is 0. The van der Waals surface area contributed by atoms with E-state index in [4.69, 9.17) is 0 Å². The third-order valence-electron chi connectivity index (χ3n) is 3.12. The van der Waals surface area contributed by atoms with E-state index < -0.39 is 0 Å². The molecule has 0 heterocycles. The molecule has 0 unspecified atom stereocenters. The Morgan fingerprint density at radius 3 is 2.42 bits per heavy atom. The highest BCUT2D eigenvalue weighted by atomic mass is 14.2. The van der Waals surface area contributed by atoms with Gasteiger partial charge in [-0.1, -0.05) is 46.0 Å². The summed E-state index contributed by atoms with van der Waals surface area (Å²) < 4.78 is 0. The zero-order valence-corrected chi connectivity index (χ0v) is 8.73. The number of hydrogen-bond acceptors (Lipinski definition) is 0. The topological polar surface area (TPSA) is 0 Å². The molecule has 12 heavy (non-hydrogen) atoms. The molecule has 0 aliphatic heterocycles. The summed E-state index contributed by atoms with van der Waals surface area (Å²) >= 11 is 0. The molecule has 0 aromatic rings. The minimum Gasteiger partial charge on any atom is -0.0654 e. The molecule has 1 fully saturated rings. The van der Waals surface area contributed by atoms with Gasteiger partial charge in [-0.2, -0.15) is 0 Å². The second kappa shape index (κ2) is 5.61. The van der Waals surface area contributed by atoms with Gasteiger partial charge in [0, 0.05) is 0 Å². The summed E-state index contributed by atoms with van der Waals surface area (Å²) in [6.45, 7) is 4.68. The normalized spacial score (nSPS) is 21.5. The van der Waals surface area contributed by atoms with Crippen molar-refractivity contribution in [3.8, 4) is 0 Å². The molecule has 1 saturated carbocycles. The molecule has 1 radical (unpaired) electrons. The second-order valence-corrected chi connectivity index (χ2v) is 4.39. The van der Waals surface area contributed by atoms with E-state index in [1.54, 1.807) is 0 Å². The van der Waals surface area contributed by atoms with Gasteiger partial charge in [-0.25, -0.2) is 0 Å². The third-order valence-corrected chi connectivity index (χ3v) is 3.12. The van der Waals surface area contributed by atoms with Crippen molar-refractivity contribution in [2.45, 2.75) is 65.2 Å². The average molecular weight is 167 g/mol. The van der Waals surface area contributed by atoms with E-state index in [0.717, 1.165) is 5.92 Å². The van der Waals surface area contributed by atoms with E-state index in [1.165, 1.54) is 51.4 Å². The zero-order valence-electron chi connectivity index (χ0n) is 8.73. The van der Waals surface area contributed by atoms with Gasteiger partial charge in [0.2, 0.25) is 0 Å². The van der Waals surface area contributed by atoms with Gasteiger partial charge in [-0.15, -0.1) is 0 Å². The minimum atomic E-state index is 1.000. The molecule has 0 amide bonds. The van der Waals surface area contributed by atoms with Crippen LogP contribution in [0, 0.1) is 11.8 Å². The van der Waals surface area contributed by atoms with Crippen molar-refractivity contribution in [1.29, 1.82) is 0 Å². The molecule has 0 heteroatoms. The van der Waals surface area contributed by atoms with Gasteiger partial charge in [-0.3, -0.25) is 0 Å². The van der Waals surface area contributed by atoms with Crippen LogP contribution in [0.2, 0.25) is 0 Å². The Bertz CT molecular complexity index is 98.6. The van der Waals surface area contributed by atoms with Crippen LogP contribution >= 0.6 is 0 Å². The molecular weight excluding hydrogens is 144 g/mol. The van der Waals surface area contributed by atoms with Crippen LogP contribution < -0.4 is 0 Å². The third kappa shape index (κ3) is 3.60. The van der Waals surface area contributed by atoms with Gasteiger partial charge < -0.3 is 0 Å². The van der Waals surface area contributed by atoms with E-state index in [0.29, 0.717) is 0 Å². The lowest BCUT2D eigenvalue weighted by Gasteiger charge is -2.25. The molecule has 0 N–H and O–H groups in total. The molecular formula is C12H23. The first-order valence-corrected chi connectivity index (χ1v) is 5.66. The monoisotopic (exact) mass is 167 g/mol. The summed E-state index contributed by atoms with van der Waals surface area (Å²) in [4.78, 5) is 0. The van der Waals surface area contributed by atoms with Crippen LogP contribution in [0.5, 0.6) is 0 Å². The molecule has 0 nitrogen and oxygen atoms in total. The standard InChI is InChI=1S/C12H23/c1-3-4-5-6-12-9-7-11(2)8-10-12/h11H,3-10H2,1-2H3. The van der Waals surface area contributed by atoms with E-state index >= 15 is 0 Å². The Morgan fingerprint density at radius 1 is 1.17 bits per heavy atom. The first-order valence-electron chi connectivity index (χ1n) is 5.66. The lowest BCUT2D eigenvalue weighted by molar-refractivity contribution is 0.389. The number of hydrogen-bond donors (Lipinski definition) is 0. The van der Waals surface area contributed by atoms with Gasteiger partial charge in [0.05, 0.1) is 0 Å². The first-order chi connectivity index (χ1) is 5.83. The molecule has 0 spiro atoms. The van der Waals surface area contributed by atoms with E-state index in [9.17, 15) is 0 Å². The summed E-state index contributed by atoms with van der Waals surface area (Å²) in [6.07, 6.45) is 11.5. The van der Waals surface area contributed by atoms with E-state index in [1.807, 2.05) is 5.92 Å². The van der Waals surface area contributed by atoms with Gasteiger partial charge in [0.1, 0.15) is 0 Å². The van der Waals surface area contributed by atoms with Crippen LogP contribution in [-0.2, 0) is 0 Å². The Morgan fingerprint density at radius 2 is 1.83 bits per heavy atom. The molecule has 0 saturated heterocycles. The highest BCUT2D eigenvalue weighted by molar-refractivity contribution is 4.93. The number of unbranched alkanes of at least 4 members (excludes halogenated alkanes) is 2. The van der Waals surface area contributed by atoms with Crippen molar-refractivity contribution < 1.29 is 0 Å². The van der Waals surface area contributed by atoms with Crippen LogP contribution in [0.1, 0.15) is 65.2 Å².